The number of nitrogens with one attached hydrogen (secondary N) is 1. The van der Waals surface area contributed by atoms with Gasteiger partial charge in [0, 0.05) is 17.2 Å². The van der Waals surface area contributed by atoms with Crippen LogP contribution in [0.4, 0.5) is 11.4 Å². The zero-order valence-electron chi connectivity index (χ0n) is 17.8. The van der Waals surface area contributed by atoms with Gasteiger partial charge in [-0.3, -0.25) is 19.2 Å². The lowest BCUT2D eigenvalue weighted by atomic mass is 9.81. The van der Waals surface area contributed by atoms with Crippen molar-refractivity contribution in [2.24, 2.45) is 47.3 Å². The first-order valence-corrected chi connectivity index (χ1v) is 11.9. The van der Waals surface area contributed by atoms with Crippen molar-refractivity contribution in [3.8, 4) is 0 Å². The number of amides is 3. The molecule has 8 unspecified atom stereocenters. The van der Waals surface area contributed by atoms with Crippen LogP contribution in [0.3, 0.4) is 0 Å². The molecular weight excluding hydrogens is 444 g/mol. The molecule has 1 aromatic rings. The van der Waals surface area contributed by atoms with Crippen LogP contribution in [0.5, 0.6) is 0 Å². The van der Waals surface area contributed by atoms with Crippen molar-refractivity contribution >= 4 is 52.2 Å². The van der Waals surface area contributed by atoms with E-state index < -0.39 is 11.2 Å². The highest BCUT2D eigenvalue weighted by Crippen LogP contribution is 2.56. The summed E-state index contributed by atoms with van der Waals surface area (Å²) < 4.78 is 0. The Kier molecular flexibility index (Phi) is 4.63. The Morgan fingerprint density at radius 1 is 0.970 bits per heavy atom. The molecule has 7 nitrogen and oxygen atoms in total. The lowest BCUT2D eigenvalue weighted by molar-refractivity contribution is -0.125. The third-order valence-corrected chi connectivity index (χ3v) is 8.80. The number of carbonyl (C=O) groups is 5. The zero-order chi connectivity index (χ0) is 23.0. The highest BCUT2D eigenvalue weighted by molar-refractivity contribution is 6.67. The van der Waals surface area contributed by atoms with Crippen molar-refractivity contribution in [3.05, 3.63) is 35.9 Å². The maximum atomic E-state index is 13.2. The molecule has 1 aromatic carbocycles. The summed E-state index contributed by atoms with van der Waals surface area (Å²) in [6, 6.07) is 4.41. The highest BCUT2D eigenvalue weighted by Gasteiger charge is 2.61. The average molecular weight is 467 g/mol. The number of anilines is 2. The molecule has 3 saturated carbocycles. The second kappa shape index (κ2) is 7.35. The monoisotopic (exact) mass is 466 g/mol. The number of benzene rings is 1. The number of fused-ring (bicyclic) bond motifs is 7. The number of halogens is 1. The van der Waals surface area contributed by atoms with Crippen molar-refractivity contribution in [1.82, 2.24) is 0 Å². The quantitative estimate of drug-likeness (QED) is 0.311. The lowest BCUT2D eigenvalue weighted by Gasteiger charge is -2.23. The Balaban J connectivity index is 1.32. The van der Waals surface area contributed by atoms with Crippen LogP contribution in [0.1, 0.15) is 36.0 Å². The molecule has 1 saturated heterocycles. The molecule has 33 heavy (non-hydrogen) atoms. The third kappa shape index (κ3) is 2.98. The van der Waals surface area contributed by atoms with Gasteiger partial charge in [0.25, 0.3) is 5.24 Å². The summed E-state index contributed by atoms with van der Waals surface area (Å²) in [5.41, 5.74) is 0.615. The number of allylic oxidation sites excluding steroid dienone is 2. The van der Waals surface area contributed by atoms with Crippen LogP contribution in [-0.2, 0) is 19.2 Å². The van der Waals surface area contributed by atoms with Crippen LogP contribution < -0.4 is 10.2 Å². The lowest BCUT2D eigenvalue weighted by Crippen LogP contribution is -2.34. The predicted molar refractivity (Wildman–Crippen MR) is 119 cm³/mol. The van der Waals surface area contributed by atoms with Gasteiger partial charge in [-0.05, 0) is 79.2 Å². The van der Waals surface area contributed by atoms with Crippen LogP contribution in [0.25, 0.3) is 0 Å². The Hall–Kier alpha value is -2.80. The predicted octanol–water partition coefficient (Wildman–Crippen LogP) is 3.18. The van der Waals surface area contributed by atoms with Gasteiger partial charge in [0.1, 0.15) is 6.29 Å². The summed E-state index contributed by atoms with van der Waals surface area (Å²) in [7, 11) is 0. The minimum atomic E-state index is -0.750. The van der Waals surface area contributed by atoms with Crippen LogP contribution in [0.15, 0.2) is 30.4 Å². The van der Waals surface area contributed by atoms with Gasteiger partial charge in [-0.15, -0.1) is 0 Å². The first kappa shape index (κ1) is 20.8. The van der Waals surface area contributed by atoms with E-state index in [4.69, 9.17) is 11.6 Å². The van der Waals surface area contributed by atoms with Crippen molar-refractivity contribution in [2.75, 3.05) is 10.2 Å². The third-order valence-electron chi connectivity index (χ3n) is 8.58. The molecule has 6 rings (SSSR count). The van der Waals surface area contributed by atoms with E-state index in [0.717, 1.165) is 32.0 Å². The molecule has 4 fully saturated rings. The molecular formula is C25H23ClN2O5. The molecule has 0 spiro atoms. The number of carbonyl (C=O) groups excluding carboxylic acids is 5. The average Bonchev–Trinajstić information content (AvgIpc) is 3.60. The molecule has 3 amide bonds. The Morgan fingerprint density at radius 3 is 2.27 bits per heavy atom. The minimum absolute atomic E-state index is 0.000834. The maximum absolute atomic E-state index is 13.2. The fourth-order valence-electron chi connectivity index (χ4n) is 7.23. The SMILES string of the molecule is O=CC1C2C=CC(C2)C1C(=O)Nc1cc(C(=O)Cl)cc(N2C(=O)C3C4CCC(C4)C3C2=O)c1. The number of aldehydes is 1. The smallest absolute Gasteiger partial charge is 0.252 e. The van der Waals surface area contributed by atoms with E-state index in [0.29, 0.717) is 0 Å². The largest absolute Gasteiger partial charge is 0.326 e. The molecule has 5 aliphatic rings. The van der Waals surface area contributed by atoms with Gasteiger partial charge in [0.15, 0.2) is 0 Å². The summed E-state index contributed by atoms with van der Waals surface area (Å²) in [5.74, 6) is -1.67. The Labute approximate surface area is 195 Å². The summed E-state index contributed by atoms with van der Waals surface area (Å²) >= 11 is 5.74. The molecule has 8 heteroatoms. The van der Waals surface area contributed by atoms with E-state index in [1.54, 1.807) is 6.07 Å². The number of rotatable bonds is 5. The fraction of sp³-hybridized carbons (Fsp3) is 0.480. The molecule has 4 bridgehead atoms. The minimum Gasteiger partial charge on any atom is -0.326 e. The van der Waals surface area contributed by atoms with Gasteiger partial charge in [0.05, 0.1) is 23.4 Å². The fourth-order valence-corrected chi connectivity index (χ4v) is 7.34. The summed E-state index contributed by atoms with van der Waals surface area (Å²) in [6.07, 6.45) is 8.46. The van der Waals surface area contributed by atoms with Gasteiger partial charge in [-0.1, -0.05) is 12.2 Å². The number of imide groups is 1. The van der Waals surface area contributed by atoms with Crippen LogP contribution in [0, 0.1) is 47.3 Å². The van der Waals surface area contributed by atoms with E-state index in [9.17, 15) is 24.0 Å². The summed E-state index contributed by atoms with van der Waals surface area (Å²) in [6.45, 7) is 0. The number of hydrogen-bond donors (Lipinski definition) is 1. The number of nitrogens with zero attached hydrogens (tertiary/aromatic N) is 1. The van der Waals surface area contributed by atoms with Crippen molar-refractivity contribution < 1.29 is 24.0 Å². The van der Waals surface area contributed by atoms with Gasteiger partial charge < -0.3 is 10.1 Å². The standard InChI is InChI=1S/C25H23ClN2O5/c26-22(30)15-7-16(27-23(31)19-12-2-1-11(5-12)18(19)10-29)9-17(8-15)28-24(32)20-13-3-4-14(6-13)21(20)25(28)33/h1-2,7-14,18-21H,3-6H2,(H,27,31). The topological polar surface area (TPSA) is 101 Å². The van der Waals surface area contributed by atoms with E-state index in [1.807, 2.05) is 12.2 Å². The molecule has 0 radical (unpaired) electrons. The molecule has 1 N–H and O–H groups in total. The summed E-state index contributed by atoms with van der Waals surface area (Å²) in [5, 5.41) is 2.06. The first-order chi connectivity index (χ1) is 15.9. The Morgan fingerprint density at radius 2 is 1.64 bits per heavy atom. The first-order valence-electron chi connectivity index (χ1n) is 11.5. The highest BCUT2D eigenvalue weighted by atomic mass is 35.5. The second-order valence-electron chi connectivity index (χ2n) is 10.1. The molecule has 8 atom stereocenters. The molecule has 1 aliphatic heterocycles. The van der Waals surface area contributed by atoms with Gasteiger partial charge in [-0.25, -0.2) is 4.90 Å². The second-order valence-corrected chi connectivity index (χ2v) is 10.5. The summed E-state index contributed by atoms with van der Waals surface area (Å²) in [4.78, 5) is 64.3. The molecule has 4 aliphatic carbocycles. The van der Waals surface area contributed by atoms with E-state index >= 15 is 0 Å². The van der Waals surface area contributed by atoms with E-state index in [1.165, 1.54) is 17.0 Å². The maximum Gasteiger partial charge on any atom is 0.252 e. The van der Waals surface area contributed by atoms with Crippen molar-refractivity contribution in [1.29, 1.82) is 0 Å². The number of hydrogen-bond acceptors (Lipinski definition) is 5. The molecule has 170 valence electrons. The van der Waals surface area contributed by atoms with Crippen LogP contribution in [-0.4, -0.2) is 29.3 Å². The van der Waals surface area contributed by atoms with E-state index in [2.05, 4.69) is 5.32 Å². The normalized spacial score (nSPS) is 37.7. The van der Waals surface area contributed by atoms with Gasteiger partial charge in [0.2, 0.25) is 17.7 Å². The van der Waals surface area contributed by atoms with Gasteiger partial charge in [-0.2, -0.15) is 0 Å². The van der Waals surface area contributed by atoms with Crippen LogP contribution in [0.2, 0.25) is 0 Å². The van der Waals surface area contributed by atoms with Gasteiger partial charge >= 0.3 is 0 Å². The Bertz CT molecular complexity index is 1120. The van der Waals surface area contributed by atoms with E-state index in [-0.39, 0.29) is 76.1 Å². The van der Waals surface area contributed by atoms with Crippen LogP contribution >= 0.6 is 11.6 Å². The molecule has 1 heterocycles. The van der Waals surface area contributed by atoms with Crippen molar-refractivity contribution in [3.63, 3.8) is 0 Å². The molecule has 0 aromatic heterocycles. The zero-order valence-corrected chi connectivity index (χ0v) is 18.5. The van der Waals surface area contributed by atoms with Crippen molar-refractivity contribution in [2.45, 2.75) is 25.7 Å².